The lowest BCUT2D eigenvalue weighted by molar-refractivity contribution is -0.0258. The smallest absolute Gasteiger partial charge is 0.266 e. The standard InChI is InChI=1S/C17H19ClN2O4S2/c1-11-13-7-9-25-15(13)6-8-20(11)17(21)12-4-5-14(18)16(10-12)26(22,23)19(2)24-3/h4-5,7,9-11H,6,8H2,1-3H3. The van der Waals surface area contributed by atoms with Crippen LogP contribution in [0, 0.1) is 0 Å². The highest BCUT2D eigenvalue weighted by atomic mass is 35.5. The Bertz CT molecular complexity index is 942. The number of fused-ring (bicyclic) bond motifs is 1. The van der Waals surface area contributed by atoms with E-state index in [1.807, 2.05) is 18.4 Å². The first-order valence-corrected chi connectivity index (χ1v) is 10.7. The SMILES string of the molecule is CON(C)S(=O)(=O)c1cc(C(=O)N2CCc3sccc3C2C)ccc1Cl. The molecule has 9 heteroatoms. The maximum absolute atomic E-state index is 13.0. The minimum atomic E-state index is -3.95. The summed E-state index contributed by atoms with van der Waals surface area (Å²) in [6.45, 7) is 2.57. The van der Waals surface area contributed by atoms with Crippen LogP contribution < -0.4 is 0 Å². The number of hydrogen-bond acceptors (Lipinski definition) is 5. The summed E-state index contributed by atoms with van der Waals surface area (Å²) < 4.78 is 25.8. The fourth-order valence-corrected chi connectivity index (χ4v) is 5.46. The quantitative estimate of drug-likeness (QED) is 0.719. The zero-order valence-electron chi connectivity index (χ0n) is 14.6. The van der Waals surface area contributed by atoms with Crippen LogP contribution in [0.4, 0.5) is 0 Å². The Hall–Kier alpha value is -1.45. The van der Waals surface area contributed by atoms with Crippen LogP contribution in [0.3, 0.4) is 0 Å². The molecule has 1 aliphatic heterocycles. The van der Waals surface area contributed by atoms with Crippen molar-refractivity contribution in [3.8, 4) is 0 Å². The van der Waals surface area contributed by atoms with Crippen LogP contribution in [0.25, 0.3) is 0 Å². The molecular formula is C17H19ClN2O4S2. The number of carbonyl (C=O) groups is 1. The zero-order valence-corrected chi connectivity index (χ0v) is 17.0. The van der Waals surface area contributed by atoms with E-state index in [2.05, 4.69) is 0 Å². The Kier molecular flexibility index (Phi) is 5.41. The fraction of sp³-hybridized carbons (Fsp3) is 0.353. The van der Waals surface area contributed by atoms with Crippen LogP contribution in [0.2, 0.25) is 5.02 Å². The van der Waals surface area contributed by atoms with Gasteiger partial charge in [0.25, 0.3) is 15.9 Å². The number of amides is 1. The molecule has 2 heterocycles. The van der Waals surface area contributed by atoms with Crippen molar-refractivity contribution in [2.45, 2.75) is 24.3 Å². The number of halogens is 1. The van der Waals surface area contributed by atoms with E-state index in [-0.39, 0.29) is 27.4 Å². The molecule has 0 saturated carbocycles. The molecule has 140 valence electrons. The predicted octanol–water partition coefficient (Wildman–Crippen LogP) is 3.34. The molecule has 0 spiro atoms. The summed E-state index contributed by atoms with van der Waals surface area (Å²) >= 11 is 7.77. The molecule has 0 fully saturated rings. The number of nitrogens with zero attached hydrogens (tertiary/aromatic N) is 2. The molecule has 0 radical (unpaired) electrons. The summed E-state index contributed by atoms with van der Waals surface area (Å²) in [7, 11) is -1.44. The highest BCUT2D eigenvalue weighted by Crippen LogP contribution is 2.34. The molecule has 0 aliphatic carbocycles. The number of sulfonamides is 1. The number of hydroxylamine groups is 1. The molecule has 3 rings (SSSR count). The average molecular weight is 415 g/mol. The van der Waals surface area contributed by atoms with E-state index >= 15 is 0 Å². The summed E-state index contributed by atoms with van der Waals surface area (Å²) in [6.07, 6.45) is 0.800. The van der Waals surface area contributed by atoms with E-state index in [9.17, 15) is 13.2 Å². The van der Waals surface area contributed by atoms with E-state index < -0.39 is 10.0 Å². The van der Waals surface area contributed by atoms with Gasteiger partial charge in [-0.3, -0.25) is 9.63 Å². The van der Waals surface area contributed by atoms with Gasteiger partial charge in [0.15, 0.2) is 0 Å². The van der Waals surface area contributed by atoms with E-state index in [1.54, 1.807) is 22.3 Å². The summed E-state index contributed by atoms with van der Waals surface area (Å²) in [5, 5.41) is 2.07. The average Bonchev–Trinajstić information content (AvgIpc) is 3.10. The van der Waals surface area contributed by atoms with Crippen LogP contribution in [0.1, 0.15) is 33.8 Å². The van der Waals surface area contributed by atoms with Gasteiger partial charge in [-0.1, -0.05) is 16.1 Å². The molecule has 0 saturated heterocycles. The first kappa shape index (κ1) is 19.3. The second-order valence-electron chi connectivity index (χ2n) is 5.97. The minimum absolute atomic E-state index is 0.0391. The van der Waals surface area contributed by atoms with Crippen molar-refractivity contribution in [2.24, 2.45) is 0 Å². The molecule has 1 aromatic carbocycles. The normalized spacial score (nSPS) is 17.4. The molecule has 6 nitrogen and oxygen atoms in total. The van der Waals surface area contributed by atoms with Gasteiger partial charge >= 0.3 is 0 Å². The van der Waals surface area contributed by atoms with Crippen LogP contribution in [-0.2, 0) is 21.3 Å². The Labute approximate surface area is 161 Å². The van der Waals surface area contributed by atoms with E-state index in [0.717, 1.165) is 12.0 Å². The van der Waals surface area contributed by atoms with Crippen LogP contribution in [-0.4, -0.2) is 44.4 Å². The van der Waals surface area contributed by atoms with Gasteiger partial charge in [0.2, 0.25) is 0 Å². The molecule has 26 heavy (non-hydrogen) atoms. The van der Waals surface area contributed by atoms with E-state index in [1.165, 1.54) is 31.2 Å². The first-order valence-electron chi connectivity index (χ1n) is 7.97. The van der Waals surface area contributed by atoms with Gasteiger partial charge in [-0.05, 0) is 48.6 Å². The summed E-state index contributed by atoms with van der Waals surface area (Å²) in [5.41, 5.74) is 1.43. The van der Waals surface area contributed by atoms with Crippen molar-refractivity contribution in [1.82, 2.24) is 9.37 Å². The van der Waals surface area contributed by atoms with Crippen molar-refractivity contribution in [3.63, 3.8) is 0 Å². The lowest BCUT2D eigenvalue weighted by Gasteiger charge is -2.33. The Morgan fingerprint density at radius 3 is 2.81 bits per heavy atom. The highest BCUT2D eigenvalue weighted by molar-refractivity contribution is 7.89. The first-order chi connectivity index (χ1) is 12.3. The van der Waals surface area contributed by atoms with Gasteiger partial charge in [-0.2, -0.15) is 0 Å². The molecular weight excluding hydrogens is 396 g/mol. The van der Waals surface area contributed by atoms with Gasteiger partial charge in [-0.15, -0.1) is 11.3 Å². The van der Waals surface area contributed by atoms with Crippen molar-refractivity contribution >= 4 is 38.9 Å². The molecule has 1 aromatic heterocycles. The largest absolute Gasteiger partial charge is 0.331 e. The van der Waals surface area contributed by atoms with Gasteiger partial charge in [0.05, 0.1) is 18.2 Å². The monoisotopic (exact) mass is 414 g/mol. The zero-order chi connectivity index (χ0) is 19.1. The molecule has 1 aliphatic rings. The Morgan fingerprint density at radius 1 is 1.38 bits per heavy atom. The van der Waals surface area contributed by atoms with Crippen molar-refractivity contribution in [3.05, 3.63) is 50.7 Å². The van der Waals surface area contributed by atoms with E-state index in [4.69, 9.17) is 16.4 Å². The van der Waals surface area contributed by atoms with Crippen molar-refractivity contribution in [1.29, 1.82) is 0 Å². The Balaban J connectivity index is 1.96. The van der Waals surface area contributed by atoms with Crippen LogP contribution >= 0.6 is 22.9 Å². The topological polar surface area (TPSA) is 66.9 Å². The van der Waals surface area contributed by atoms with Gasteiger partial charge in [-0.25, -0.2) is 8.42 Å². The summed E-state index contributed by atoms with van der Waals surface area (Å²) in [5.74, 6) is -0.220. The lowest BCUT2D eigenvalue weighted by atomic mass is 10.0. The molecule has 1 unspecified atom stereocenters. The van der Waals surface area contributed by atoms with Crippen molar-refractivity contribution < 1.29 is 18.0 Å². The molecule has 2 aromatic rings. The van der Waals surface area contributed by atoms with Gasteiger partial charge < -0.3 is 4.90 Å². The number of thiophene rings is 1. The second-order valence-corrected chi connectivity index (χ2v) is 9.28. The van der Waals surface area contributed by atoms with Crippen LogP contribution in [0.5, 0.6) is 0 Å². The third-order valence-corrected chi connectivity index (χ3v) is 7.75. The number of carbonyl (C=O) groups excluding carboxylic acids is 1. The second kappa shape index (κ2) is 7.28. The van der Waals surface area contributed by atoms with Crippen molar-refractivity contribution in [2.75, 3.05) is 20.7 Å². The summed E-state index contributed by atoms with van der Waals surface area (Å²) in [6, 6.07) is 6.26. The highest BCUT2D eigenvalue weighted by Gasteiger charge is 2.31. The molecule has 0 N–H and O–H groups in total. The van der Waals surface area contributed by atoms with Gasteiger partial charge in [0.1, 0.15) is 4.90 Å². The van der Waals surface area contributed by atoms with Crippen LogP contribution in [0.15, 0.2) is 34.5 Å². The third kappa shape index (κ3) is 3.27. The Morgan fingerprint density at radius 2 is 2.12 bits per heavy atom. The number of benzene rings is 1. The third-order valence-electron chi connectivity index (χ3n) is 4.59. The maximum Gasteiger partial charge on any atom is 0.266 e. The van der Waals surface area contributed by atoms with Gasteiger partial charge in [0, 0.05) is 24.0 Å². The molecule has 1 amide bonds. The number of rotatable bonds is 4. The minimum Gasteiger partial charge on any atom is -0.331 e. The molecule has 0 bridgehead atoms. The number of hydrogen-bond donors (Lipinski definition) is 0. The van der Waals surface area contributed by atoms with E-state index in [0.29, 0.717) is 11.0 Å². The lowest BCUT2D eigenvalue weighted by Crippen LogP contribution is -2.38. The fourth-order valence-electron chi connectivity index (χ4n) is 3.02. The summed E-state index contributed by atoms with van der Waals surface area (Å²) in [4.78, 5) is 20.7. The predicted molar refractivity (Wildman–Crippen MR) is 101 cm³/mol. The maximum atomic E-state index is 13.0. The molecule has 1 atom stereocenters.